The van der Waals surface area contributed by atoms with Gasteiger partial charge < -0.3 is 10.2 Å². The van der Waals surface area contributed by atoms with Crippen LogP contribution in [-0.4, -0.2) is 45.9 Å². The number of hydrazine groups is 1. The number of nitrogens with one attached hydrogen (secondary N) is 1. The SMILES string of the molecule is Cc1cc(NN2CCOCC2)n2ncnc2c1. The lowest BCUT2D eigenvalue weighted by Crippen LogP contribution is -2.40. The van der Waals surface area contributed by atoms with Crippen LogP contribution in [0.3, 0.4) is 0 Å². The van der Waals surface area contributed by atoms with Gasteiger partial charge in [-0.25, -0.2) is 9.99 Å². The molecule has 1 N–H and O–H groups in total. The van der Waals surface area contributed by atoms with Gasteiger partial charge in [0, 0.05) is 13.1 Å². The minimum Gasteiger partial charge on any atom is -0.379 e. The third-order valence-electron chi connectivity index (χ3n) is 2.81. The molecular weight excluding hydrogens is 218 g/mol. The molecule has 1 aliphatic heterocycles. The number of morpholine rings is 1. The molecule has 0 aromatic carbocycles. The minimum atomic E-state index is 0.763. The van der Waals surface area contributed by atoms with E-state index < -0.39 is 0 Å². The number of anilines is 1. The van der Waals surface area contributed by atoms with Gasteiger partial charge in [0.05, 0.1) is 13.2 Å². The Labute approximate surface area is 99.2 Å². The molecule has 0 unspecified atom stereocenters. The molecule has 2 aromatic rings. The quantitative estimate of drug-likeness (QED) is 0.827. The number of ether oxygens (including phenoxy) is 1. The van der Waals surface area contributed by atoms with Crippen molar-refractivity contribution in [1.29, 1.82) is 0 Å². The van der Waals surface area contributed by atoms with Crippen LogP contribution >= 0.6 is 0 Å². The second-order valence-corrected chi connectivity index (χ2v) is 4.16. The summed E-state index contributed by atoms with van der Waals surface area (Å²) in [4.78, 5) is 4.20. The zero-order chi connectivity index (χ0) is 11.7. The Morgan fingerprint density at radius 2 is 2.12 bits per heavy atom. The summed E-state index contributed by atoms with van der Waals surface area (Å²) >= 11 is 0. The molecule has 0 radical (unpaired) electrons. The maximum Gasteiger partial charge on any atom is 0.157 e. The normalized spacial score (nSPS) is 17.5. The molecule has 0 aliphatic carbocycles. The highest BCUT2D eigenvalue weighted by atomic mass is 16.5. The van der Waals surface area contributed by atoms with Gasteiger partial charge in [0.25, 0.3) is 0 Å². The van der Waals surface area contributed by atoms with E-state index in [-0.39, 0.29) is 0 Å². The van der Waals surface area contributed by atoms with E-state index in [0.717, 1.165) is 37.8 Å². The summed E-state index contributed by atoms with van der Waals surface area (Å²) in [7, 11) is 0. The second kappa shape index (κ2) is 4.31. The summed E-state index contributed by atoms with van der Waals surface area (Å²) in [5, 5.41) is 6.35. The maximum atomic E-state index is 5.32. The van der Waals surface area contributed by atoms with E-state index >= 15 is 0 Å². The number of fused-ring (bicyclic) bond motifs is 1. The highest BCUT2D eigenvalue weighted by Gasteiger charge is 2.12. The van der Waals surface area contributed by atoms with Gasteiger partial charge in [-0.15, -0.1) is 0 Å². The molecule has 6 nitrogen and oxygen atoms in total. The third-order valence-corrected chi connectivity index (χ3v) is 2.81. The van der Waals surface area contributed by atoms with Crippen molar-refractivity contribution in [2.75, 3.05) is 31.7 Å². The Bertz CT molecular complexity index is 518. The summed E-state index contributed by atoms with van der Waals surface area (Å²) in [6, 6.07) is 4.08. The van der Waals surface area contributed by atoms with Crippen molar-refractivity contribution in [2.24, 2.45) is 0 Å². The van der Waals surface area contributed by atoms with Gasteiger partial charge in [0.15, 0.2) is 5.65 Å². The van der Waals surface area contributed by atoms with Gasteiger partial charge in [-0.05, 0) is 24.6 Å². The van der Waals surface area contributed by atoms with E-state index in [1.807, 2.05) is 10.6 Å². The second-order valence-electron chi connectivity index (χ2n) is 4.16. The van der Waals surface area contributed by atoms with Crippen molar-refractivity contribution in [3.05, 3.63) is 24.0 Å². The fourth-order valence-electron chi connectivity index (χ4n) is 1.97. The zero-order valence-corrected chi connectivity index (χ0v) is 9.76. The van der Waals surface area contributed by atoms with Gasteiger partial charge in [-0.3, -0.25) is 0 Å². The van der Waals surface area contributed by atoms with Crippen molar-refractivity contribution < 1.29 is 4.74 Å². The fourth-order valence-corrected chi connectivity index (χ4v) is 1.97. The molecule has 1 saturated heterocycles. The fraction of sp³-hybridized carbons (Fsp3) is 0.455. The number of nitrogens with zero attached hydrogens (tertiary/aromatic N) is 4. The van der Waals surface area contributed by atoms with Crippen LogP contribution in [0.2, 0.25) is 0 Å². The highest BCUT2D eigenvalue weighted by molar-refractivity contribution is 5.50. The van der Waals surface area contributed by atoms with Crippen LogP contribution in [0.4, 0.5) is 5.82 Å². The van der Waals surface area contributed by atoms with Gasteiger partial charge >= 0.3 is 0 Å². The molecule has 1 fully saturated rings. The van der Waals surface area contributed by atoms with Gasteiger partial charge in [0.2, 0.25) is 0 Å². The molecule has 6 heteroatoms. The molecule has 3 heterocycles. The van der Waals surface area contributed by atoms with E-state index in [1.54, 1.807) is 6.33 Å². The van der Waals surface area contributed by atoms with Crippen molar-refractivity contribution in [3.63, 3.8) is 0 Å². The predicted molar refractivity (Wildman–Crippen MR) is 63.7 cm³/mol. The first kappa shape index (κ1) is 10.5. The molecule has 0 saturated carbocycles. The van der Waals surface area contributed by atoms with Gasteiger partial charge in [-0.2, -0.15) is 9.61 Å². The molecule has 0 amide bonds. The summed E-state index contributed by atoms with van der Waals surface area (Å²) in [5.41, 5.74) is 5.39. The van der Waals surface area contributed by atoms with Crippen molar-refractivity contribution in [1.82, 2.24) is 19.6 Å². The van der Waals surface area contributed by atoms with Gasteiger partial charge in [0.1, 0.15) is 12.1 Å². The van der Waals surface area contributed by atoms with Crippen molar-refractivity contribution >= 4 is 11.5 Å². The molecule has 2 aromatic heterocycles. The molecule has 1 aliphatic rings. The average Bonchev–Trinajstić information content (AvgIpc) is 2.78. The van der Waals surface area contributed by atoms with Crippen LogP contribution < -0.4 is 5.43 Å². The Morgan fingerprint density at radius 3 is 2.94 bits per heavy atom. The summed E-state index contributed by atoms with van der Waals surface area (Å²) < 4.78 is 7.13. The van der Waals surface area contributed by atoms with Crippen LogP contribution in [0.25, 0.3) is 5.65 Å². The molecule has 0 spiro atoms. The van der Waals surface area contributed by atoms with Crippen LogP contribution in [-0.2, 0) is 4.74 Å². The molecule has 3 rings (SSSR count). The van der Waals surface area contributed by atoms with E-state index in [0.29, 0.717) is 0 Å². The van der Waals surface area contributed by atoms with E-state index in [4.69, 9.17) is 4.74 Å². The summed E-state index contributed by atoms with van der Waals surface area (Å²) in [6.45, 7) is 5.34. The van der Waals surface area contributed by atoms with E-state index in [9.17, 15) is 0 Å². The molecular formula is C11H15N5O. The van der Waals surface area contributed by atoms with Crippen molar-refractivity contribution in [3.8, 4) is 0 Å². The smallest absolute Gasteiger partial charge is 0.157 e. The van der Waals surface area contributed by atoms with Crippen LogP contribution in [0.5, 0.6) is 0 Å². The first-order chi connectivity index (χ1) is 8.33. The molecule has 17 heavy (non-hydrogen) atoms. The average molecular weight is 233 g/mol. The monoisotopic (exact) mass is 233 g/mol. The predicted octanol–water partition coefficient (Wildman–Crippen LogP) is 0.697. The number of rotatable bonds is 2. The molecule has 0 bridgehead atoms. The lowest BCUT2D eigenvalue weighted by molar-refractivity contribution is 0.0494. The number of aryl methyl sites for hydroxylation is 1. The Hall–Kier alpha value is -1.66. The third kappa shape index (κ3) is 2.09. The Morgan fingerprint density at radius 1 is 1.29 bits per heavy atom. The van der Waals surface area contributed by atoms with E-state index in [1.165, 1.54) is 5.56 Å². The summed E-state index contributed by atoms with van der Waals surface area (Å²) in [6.07, 6.45) is 1.57. The van der Waals surface area contributed by atoms with Crippen LogP contribution in [0.15, 0.2) is 18.5 Å². The standard InChI is InChI=1S/C11H15N5O/c1-9-6-10-12-8-13-16(10)11(7-9)14-15-2-4-17-5-3-15/h6-8,14H,2-5H2,1H3. The Balaban J connectivity index is 1.90. The first-order valence-corrected chi connectivity index (χ1v) is 5.73. The number of pyridine rings is 1. The maximum absolute atomic E-state index is 5.32. The number of hydrogen-bond donors (Lipinski definition) is 1. The lowest BCUT2D eigenvalue weighted by atomic mass is 10.3. The number of aromatic nitrogens is 3. The highest BCUT2D eigenvalue weighted by Crippen LogP contribution is 2.14. The van der Waals surface area contributed by atoms with Crippen LogP contribution in [0, 0.1) is 6.92 Å². The molecule has 0 atom stereocenters. The van der Waals surface area contributed by atoms with Crippen molar-refractivity contribution in [2.45, 2.75) is 6.92 Å². The first-order valence-electron chi connectivity index (χ1n) is 5.73. The van der Waals surface area contributed by atoms with Gasteiger partial charge in [-0.1, -0.05) is 0 Å². The summed E-state index contributed by atoms with van der Waals surface area (Å²) in [5.74, 6) is 0.944. The van der Waals surface area contributed by atoms with E-state index in [2.05, 4.69) is 33.5 Å². The minimum absolute atomic E-state index is 0.763. The topological polar surface area (TPSA) is 54.7 Å². The lowest BCUT2D eigenvalue weighted by Gasteiger charge is -2.28. The largest absolute Gasteiger partial charge is 0.379 e. The number of hydrogen-bond acceptors (Lipinski definition) is 5. The zero-order valence-electron chi connectivity index (χ0n) is 9.76. The Kier molecular flexibility index (Phi) is 2.66. The molecule has 90 valence electrons. The van der Waals surface area contributed by atoms with Crippen LogP contribution in [0.1, 0.15) is 5.56 Å².